The Bertz CT molecular complexity index is 787. The van der Waals surface area contributed by atoms with E-state index >= 15 is 0 Å². The van der Waals surface area contributed by atoms with Crippen LogP contribution in [-0.2, 0) is 4.79 Å². The molecule has 3 aromatic rings. The number of benzene rings is 2. The van der Waals surface area contributed by atoms with Gasteiger partial charge in [-0.2, -0.15) is 0 Å². The summed E-state index contributed by atoms with van der Waals surface area (Å²) in [6.45, 7) is 1.90. The Hall–Kier alpha value is -2.60. The molecule has 0 radical (unpaired) electrons. The number of aryl methyl sites for hydroxylation is 1. The van der Waals surface area contributed by atoms with Crippen LogP contribution in [-0.4, -0.2) is 26.4 Å². The summed E-state index contributed by atoms with van der Waals surface area (Å²) in [4.78, 5) is 12.1. The summed E-state index contributed by atoms with van der Waals surface area (Å²) in [6, 6.07) is 19.3. The van der Waals surface area contributed by atoms with E-state index in [0.717, 1.165) is 17.2 Å². The molecule has 0 bridgehead atoms. The van der Waals surface area contributed by atoms with Crippen LogP contribution >= 0.6 is 11.8 Å². The van der Waals surface area contributed by atoms with Crippen molar-refractivity contribution < 1.29 is 4.79 Å². The smallest absolute Gasteiger partial charge is 0.234 e. The molecule has 0 fully saturated rings. The number of aromatic nitrogens is 3. The molecule has 1 N–H and O–H groups in total. The summed E-state index contributed by atoms with van der Waals surface area (Å²) in [5.74, 6) is 1.00. The van der Waals surface area contributed by atoms with Crippen LogP contribution in [0.5, 0.6) is 0 Å². The number of rotatable bonds is 5. The highest BCUT2D eigenvalue weighted by Gasteiger charge is 2.13. The third-order valence-electron chi connectivity index (χ3n) is 3.20. The van der Waals surface area contributed by atoms with Gasteiger partial charge in [-0.1, -0.05) is 48.2 Å². The Kier molecular flexibility index (Phi) is 4.73. The zero-order chi connectivity index (χ0) is 16.1. The average Bonchev–Trinajstić information content (AvgIpc) is 2.95. The Morgan fingerprint density at radius 1 is 1.04 bits per heavy atom. The van der Waals surface area contributed by atoms with Gasteiger partial charge in [0.15, 0.2) is 5.16 Å². The lowest BCUT2D eigenvalue weighted by Crippen LogP contribution is -2.14. The average molecular weight is 324 g/mol. The summed E-state index contributed by atoms with van der Waals surface area (Å²) < 4.78 is 1.94. The molecule has 1 amide bonds. The maximum absolute atomic E-state index is 12.1. The highest BCUT2D eigenvalue weighted by molar-refractivity contribution is 7.99. The van der Waals surface area contributed by atoms with E-state index in [9.17, 15) is 4.79 Å². The molecular weight excluding hydrogens is 308 g/mol. The molecular formula is C17H16N4OS. The van der Waals surface area contributed by atoms with E-state index in [1.54, 1.807) is 0 Å². The fourth-order valence-electron chi connectivity index (χ4n) is 2.16. The molecule has 0 spiro atoms. The van der Waals surface area contributed by atoms with E-state index in [2.05, 4.69) is 15.5 Å². The minimum Gasteiger partial charge on any atom is -0.325 e. The van der Waals surface area contributed by atoms with Crippen LogP contribution < -0.4 is 5.32 Å². The quantitative estimate of drug-likeness (QED) is 0.732. The number of carbonyl (C=O) groups is 1. The Morgan fingerprint density at radius 2 is 1.70 bits per heavy atom. The van der Waals surface area contributed by atoms with Gasteiger partial charge in [0.1, 0.15) is 5.82 Å². The number of hydrogen-bond donors (Lipinski definition) is 1. The van der Waals surface area contributed by atoms with Gasteiger partial charge in [0.25, 0.3) is 0 Å². The van der Waals surface area contributed by atoms with Crippen molar-refractivity contribution in [1.82, 2.24) is 14.8 Å². The first-order chi connectivity index (χ1) is 11.2. The number of nitrogens with one attached hydrogen (secondary N) is 1. The molecule has 0 unspecified atom stereocenters. The molecule has 6 heteroatoms. The van der Waals surface area contributed by atoms with Gasteiger partial charge in [-0.15, -0.1) is 10.2 Å². The second kappa shape index (κ2) is 7.11. The topological polar surface area (TPSA) is 59.8 Å². The first-order valence-corrected chi connectivity index (χ1v) is 8.18. The molecule has 1 aromatic heterocycles. The number of carbonyl (C=O) groups excluding carboxylic acids is 1. The van der Waals surface area contributed by atoms with E-state index in [-0.39, 0.29) is 11.7 Å². The fourth-order valence-corrected chi connectivity index (χ4v) is 2.96. The van der Waals surface area contributed by atoms with Crippen LogP contribution in [0.2, 0.25) is 0 Å². The largest absolute Gasteiger partial charge is 0.325 e. The van der Waals surface area contributed by atoms with Crippen molar-refractivity contribution in [2.45, 2.75) is 12.1 Å². The predicted molar refractivity (Wildman–Crippen MR) is 91.9 cm³/mol. The second-order valence-electron chi connectivity index (χ2n) is 4.90. The molecule has 1 heterocycles. The maximum Gasteiger partial charge on any atom is 0.234 e. The van der Waals surface area contributed by atoms with E-state index in [1.807, 2.05) is 72.2 Å². The number of para-hydroxylation sites is 2. The van der Waals surface area contributed by atoms with Crippen molar-refractivity contribution in [3.8, 4) is 5.69 Å². The first kappa shape index (κ1) is 15.3. The van der Waals surface area contributed by atoms with Crippen molar-refractivity contribution >= 4 is 23.4 Å². The molecule has 116 valence electrons. The number of amides is 1. The van der Waals surface area contributed by atoms with Crippen molar-refractivity contribution in [3.05, 3.63) is 66.5 Å². The van der Waals surface area contributed by atoms with Crippen molar-refractivity contribution in [3.63, 3.8) is 0 Å². The summed E-state index contributed by atoms with van der Waals surface area (Å²) in [6.07, 6.45) is 0. The zero-order valence-electron chi connectivity index (χ0n) is 12.6. The Balaban J connectivity index is 1.68. The summed E-state index contributed by atoms with van der Waals surface area (Å²) in [7, 11) is 0. The molecule has 0 aliphatic heterocycles. The normalized spacial score (nSPS) is 10.5. The van der Waals surface area contributed by atoms with Gasteiger partial charge in [0.2, 0.25) is 5.91 Å². The molecule has 0 aliphatic carbocycles. The highest BCUT2D eigenvalue weighted by Crippen LogP contribution is 2.21. The third kappa shape index (κ3) is 3.78. The maximum atomic E-state index is 12.1. The van der Waals surface area contributed by atoms with Gasteiger partial charge in [-0.3, -0.25) is 9.36 Å². The number of thioether (sulfide) groups is 1. The van der Waals surface area contributed by atoms with E-state index in [0.29, 0.717) is 5.16 Å². The Labute approximate surface area is 138 Å². The van der Waals surface area contributed by atoms with Crippen LogP contribution in [0, 0.1) is 6.92 Å². The van der Waals surface area contributed by atoms with Crippen LogP contribution in [0.15, 0.2) is 65.8 Å². The Morgan fingerprint density at radius 3 is 2.39 bits per heavy atom. The minimum absolute atomic E-state index is 0.0681. The molecule has 0 atom stereocenters. The molecule has 0 saturated carbocycles. The highest BCUT2D eigenvalue weighted by atomic mass is 32.2. The molecule has 5 nitrogen and oxygen atoms in total. The molecule has 3 rings (SSSR count). The zero-order valence-corrected chi connectivity index (χ0v) is 13.5. The molecule has 0 aliphatic rings. The second-order valence-corrected chi connectivity index (χ2v) is 5.85. The van der Waals surface area contributed by atoms with E-state index in [1.165, 1.54) is 11.8 Å². The van der Waals surface area contributed by atoms with Gasteiger partial charge in [-0.25, -0.2) is 0 Å². The van der Waals surface area contributed by atoms with E-state index < -0.39 is 0 Å². The van der Waals surface area contributed by atoms with Gasteiger partial charge in [0.05, 0.1) is 5.75 Å². The molecule has 0 saturated heterocycles. The number of hydrogen-bond acceptors (Lipinski definition) is 4. The van der Waals surface area contributed by atoms with Gasteiger partial charge in [-0.05, 0) is 31.2 Å². The summed E-state index contributed by atoms with van der Waals surface area (Å²) in [5, 5.41) is 11.8. The summed E-state index contributed by atoms with van der Waals surface area (Å²) in [5.41, 5.74) is 1.78. The SMILES string of the molecule is Cc1nnc(SCC(=O)Nc2ccccc2)n1-c1ccccc1. The van der Waals surface area contributed by atoms with Crippen molar-refractivity contribution in [2.75, 3.05) is 11.1 Å². The van der Waals surface area contributed by atoms with E-state index in [4.69, 9.17) is 0 Å². The standard InChI is InChI=1S/C17H16N4OS/c1-13-19-20-17(21(13)15-10-6-3-7-11-15)23-12-16(22)18-14-8-4-2-5-9-14/h2-11H,12H2,1H3,(H,18,22). The fraction of sp³-hybridized carbons (Fsp3) is 0.118. The monoisotopic (exact) mass is 324 g/mol. The van der Waals surface area contributed by atoms with Crippen LogP contribution in [0.4, 0.5) is 5.69 Å². The van der Waals surface area contributed by atoms with Gasteiger partial charge in [0, 0.05) is 11.4 Å². The van der Waals surface area contributed by atoms with Crippen LogP contribution in [0.1, 0.15) is 5.82 Å². The van der Waals surface area contributed by atoms with Crippen LogP contribution in [0.25, 0.3) is 5.69 Å². The van der Waals surface area contributed by atoms with Crippen LogP contribution in [0.3, 0.4) is 0 Å². The first-order valence-electron chi connectivity index (χ1n) is 7.19. The minimum atomic E-state index is -0.0681. The third-order valence-corrected chi connectivity index (χ3v) is 4.13. The summed E-state index contributed by atoms with van der Waals surface area (Å²) >= 11 is 1.37. The molecule has 23 heavy (non-hydrogen) atoms. The molecule has 2 aromatic carbocycles. The lowest BCUT2D eigenvalue weighted by atomic mass is 10.3. The lowest BCUT2D eigenvalue weighted by molar-refractivity contribution is -0.113. The van der Waals surface area contributed by atoms with Gasteiger partial charge < -0.3 is 5.32 Å². The van der Waals surface area contributed by atoms with Crippen molar-refractivity contribution in [2.24, 2.45) is 0 Å². The lowest BCUT2D eigenvalue weighted by Gasteiger charge is -2.08. The van der Waals surface area contributed by atoms with Gasteiger partial charge >= 0.3 is 0 Å². The predicted octanol–water partition coefficient (Wildman–Crippen LogP) is 3.31. The van der Waals surface area contributed by atoms with Crippen molar-refractivity contribution in [1.29, 1.82) is 0 Å². The number of nitrogens with zero attached hydrogens (tertiary/aromatic N) is 3. The number of anilines is 1.